The SMILES string of the molecule is CCCS1=CC=NC1. The average molecular weight is 129 g/mol. The van der Waals surface area contributed by atoms with Crippen LogP contribution >= 0.6 is 10.5 Å². The van der Waals surface area contributed by atoms with Gasteiger partial charge in [-0.3, -0.25) is 4.99 Å². The van der Waals surface area contributed by atoms with Crippen LogP contribution in [0.15, 0.2) is 4.99 Å². The maximum Gasteiger partial charge on any atom is 0.0797 e. The Morgan fingerprint density at radius 2 is 2.62 bits per heavy atom. The van der Waals surface area contributed by atoms with Crippen molar-refractivity contribution >= 4 is 22.1 Å². The molecule has 1 aliphatic heterocycles. The molecule has 1 heterocycles. The molecule has 1 aliphatic rings. The van der Waals surface area contributed by atoms with Crippen molar-refractivity contribution in [2.24, 2.45) is 4.99 Å². The van der Waals surface area contributed by atoms with Gasteiger partial charge in [-0.2, -0.15) is 10.5 Å². The van der Waals surface area contributed by atoms with Crippen LogP contribution in [0.25, 0.3) is 0 Å². The molecule has 1 nitrogen and oxygen atoms in total. The Labute approximate surface area is 52.7 Å². The topological polar surface area (TPSA) is 12.4 Å². The van der Waals surface area contributed by atoms with E-state index < -0.39 is 0 Å². The molecular weight excluding hydrogens is 118 g/mol. The Kier molecular flexibility index (Phi) is 2.27. The van der Waals surface area contributed by atoms with E-state index in [9.17, 15) is 0 Å². The molecule has 0 aromatic rings. The van der Waals surface area contributed by atoms with Crippen LogP contribution in [-0.4, -0.2) is 23.2 Å². The lowest BCUT2D eigenvalue weighted by Crippen LogP contribution is -1.79. The summed E-state index contributed by atoms with van der Waals surface area (Å²) in [5, 5.41) is 2.23. The van der Waals surface area contributed by atoms with E-state index in [2.05, 4.69) is 17.3 Å². The van der Waals surface area contributed by atoms with Crippen LogP contribution < -0.4 is 0 Å². The van der Waals surface area contributed by atoms with E-state index in [4.69, 9.17) is 0 Å². The molecular formula is C6H11NS. The first-order chi connectivity index (χ1) is 3.93. The molecule has 2 heteroatoms. The maximum atomic E-state index is 4.12. The van der Waals surface area contributed by atoms with Gasteiger partial charge in [-0.1, -0.05) is 6.92 Å². The van der Waals surface area contributed by atoms with Crippen LogP contribution in [0.2, 0.25) is 0 Å². The second-order valence-corrected chi connectivity index (χ2v) is 3.85. The highest BCUT2D eigenvalue weighted by molar-refractivity contribution is 8.16. The van der Waals surface area contributed by atoms with Crippen molar-refractivity contribution in [2.75, 3.05) is 11.6 Å². The molecule has 0 aliphatic carbocycles. The van der Waals surface area contributed by atoms with Crippen molar-refractivity contribution in [2.45, 2.75) is 13.3 Å². The fourth-order valence-corrected chi connectivity index (χ4v) is 2.12. The van der Waals surface area contributed by atoms with Crippen molar-refractivity contribution < 1.29 is 0 Å². The lowest BCUT2D eigenvalue weighted by molar-refractivity contribution is 1.10. The molecule has 0 spiro atoms. The molecule has 0 saturated carbocycles. The van der Waals surface area contributed by atoms with Gasteiger partial charge < -0.3 is 0 Å². The highest BCUT2D eigenvalue weighted by atomic mass is 32.2. The smallest absolute Gasteiger partial charge is 0.0797 e. The molecule has 1 atom stereocenters. The Hall–Kier alpha value is -0.110. The minimum Gasteiger partial charge on any atom is -0.282 e. The number of rotatable bonds is 2. The van der Waals surface area contributed by atoms with Gasteiger partial charge in [-0.15, -0.1) is 0 Å². The van der Waals surface area contributed by atoms with Crippen LogP contribution in [0, 0.1) is 0 Å². The number of hydrogen-bond acceptors (Lipinski definition) is 1. The van der Waals surface area contributed by atoms with E-state index in [1.807, 2.05) is 6.21 Å². The van der Waals surface area contributed by atoms with E-state index >= 15 is 0 Å². The molecule has 0 saturated heterocycles. The van der Waals surface area contributed by atoms with Crippen LogP contribution in [-0.2, 0) is 0 Å². The van der Waals surface area contributed by atoms with Gasteiger partial charge in [0.15, 0.2) is 0 Å². The number of aliphatic imine (C=N–C) groups is 1. The van der Waals surface area contributed by atoms with Gasteiger partial charge in [0, 0.05) is 6.21 Å². The lowest BCUT2D eigenvalue weighted by atomic mass is 10.6. The zero-order chi connectivity index (χ0) is 5.82. The van der Waals surface area contributed by atoms with Gasteiger partial charge in [0.1, 0.15) is 0 Å². The van der Waals surface area contributed by atoms with Crippen LogP contribution in [0.1, 0.15) is 13.3 Å². The Morgan fingerprint density at radius 1 is 1.75 bits per heavy atom. The summed E-state index contributed by atoms with van der Waals surface area (Å²) in [5.41, 5.74) is 0. The second-order valence-electron chi connectivity index (χ2n) is 1.84. The van der Waals surface area contributed by atoms with Gasteiger partial charge in [0.05, 0.1) is 5.88 Å². The highest BCUT2D eigenvalue weighted by Crippen LogP contribution is 2.14. The second kappa shape index (κ2) is 3.02. The predicted octanol–water partition coefficient (Wildman–Crippen LogP) is 1.51. The maximum absolute atomic E-state index is 4.12. The Morgan fingerprint density at radius 3 is 3.12 bits per heavy atom. The molecule has 0 aromatic carbocycles. The predicted molar refractivity (Wildman–Crippen MR) is 42.2 cm³/mol. The molecule has 0 radical (unpaired) electrons. The van der Waals surface area contributed by atoms with Crippen molar-refractivity contribution in [3.8, 4) is 0 Å². The van der Waals surface area contributed by atoms with Crippen LogP contribution in [0.5, 0.6) is 0 Å². The molecule has 1 rings (SSSR count). The third kappa shape index (κ3) is 1.44. The van der Waals surface area contributed by atoms with Gasteiger partial charge in [0.2, 0.25) is 0 Å². The number of hydrogen-bond donors (Lipinski definition) is 0. The summed E-state index contributed by atoms with van der Waals surface area (Å²) in [5.74, 6) is 2.40. The van der Waals surface area contributed by atoms with Crippen molar-refractivity contribution in [1.29, 1.82) is 0 Å². The molecule has 0 fully saturated rings. The van der Waals surface area contributed by atoms with Crippen molar-refractivity contribution in [3.63, 3.8) is 0 Å². The van der Waals surface area contributed by atoms with Gasteiger partial charge in [-0.05, 0) is 17.5 Å². The standard InChI is InChI=1S/C6H11NS/c1-2-4-8-5-3-7-6-8/h3,5H,2,4,6H2,1H3. The molecule has 0 amide bonds. The van der Waals surface area contributed by atoms with E-state index in [1.54, 1.807) is 0 Å². The molecule has 8 heavy (non-hydrogen) atoms. The first kappa shape index (κ1) is 6.02. The molecule has 1 unspecified atom stereocenters. The summed E-state index contributed by atoms with van der Waals surface area (Å²) in [6.07, 6.45) is 3.24. The van der Waals surface area contributed by atoms with Crippen molar-refractivity contribution in [3.05, 3.63) is 0 Å². The number of nitrogens with zero attached hydrogens (tertiary/aromatic N) is 1. The first-order valence-electron chi connectivity index (χ1n) is 2.93. The molecule has 0 aromatic heterocycles. The fourth-order valence-electron chi connectivity index (χ4n) is 0.706. The zero-order valence-electron chi connectivity index (χ0n) is 5.13. The van der Waals surface area contributed by atoms with E-state index in [1.165, 1.54) is 12.2 Å². The zero-order valence-corrected chi connectivity index (χ0v) is 5.95. The van der Waals surface area contributed by atoms with E-state index in [0.29, 0.717) is 10.5 Å². The molecule has 0 bridgehead atoms. The summed E-state index contributed by atoms with van der Waals surface area (Å²) >= 11 is 0. The first-order valence-corrected chi connectivity index (χ1v) is 4.55. The molecule has 0 N–H and O–H groups in total. The Balaban J connectivity index is 2.28. The molecule has 46 valence electrons. The summed E-state index contributed by atoms with van der Waals surface area (Å²) in [6, 6.07) is 0. The van der Waals surface area contributed by atoms with Crippen molar-refractivity contribution in [1.82, 2.24) is 0 Å². The quantitative estimate of drug-likeness (QED) is 0.501. The highest BCUT2D eigenvalue weighted by Gasteiger charge is 1.93. The van der Waals surface area contributed by atoms with Gasteiger partial charge in [-0.25, -0.2) is 0 Å². The largest absolute Gasteiger partial charge is 0.282 e. The van der Waals surface area contributed by atoms with E-state index in [0.717, 1.165) is 5.88 Å². The minimum absolute atomic E-state index is 0.525. The summed E-state index contributed by atoms with van der Waals surface area (Å²) in [4.78, 5) is 4.12. The lowest BCUT2D eigenvalue weighted by Gasteiger charge is -1.95. The average Bonchev–Trinajstić information content (AvgIpc) is 2.19. The van der Waals surface area contributed by atoms with Gasteiger partial charge >= 0.3 is 0 Å². The summed E-state index contributed by atoms with van der Waals surface area (Å²) in [6.45, 7) is 2.22. The third-order valence-corrected chi connectivity index (χ3v) is 2.99. The Bertz CT molecular complexity index is 126. The fraction of sp³-hybridized carbons (Fsp3) is 0.667. The van der Waals surface area contributed by atoms with E-state index in [-0.39, 0.29) is 0 Å². The summed E-state index contributed by atoms with van der Waals surface area (Å²) in [7, 11) is 0.525. The van der Waals surface area contributed by atoms with Crippen LogP contribution in [0.3, 0.4) is 0 Å². The third-order valence-electron chi connectivity index (χ3n) is 1.07. The van der Waals surface area contributed by atoms with Gasteiger partial charge in [0.25, 0.3) is 0 Å². The minimum atomic E-state index is 0.525. The summed E-state index contributed by atoms with van der Waals surface area (Å²) < 4.78 is 0. The normalized spacial score (nSPS) is 25.9. The monoisotopic (exact) mass is 129 g/mol. The van der Waals surface area contributed by atoms with Crippen LogP contribution in [0.4, 0.5) is 0 Å².